The van der Waals surface area contributed by atoms with Crippen molar-refractivity contribution in [1.82, 2.24) is 0 Å². The van der Waals surface area contributed by atoms with Crippen molar-refractivity contribution in [1.29, 1.82) is 0 Å². The van der Waals surface area contributed by atoms with Crippen molar-refractivity contribution in [3.63, 3.8) is 0 Å². The van der Waals surface area contributed by atoms with Crippen molar-refractivity contribution in [2.24, 2.45) is 0 Å². The molecule has 0 aliphatic rings. The van der Waals surface area contributed by atoms with E-state index in [1.807, 2.05) is 6.92 Å². The van der Waals surface area contributed by atoms with E-state index in [0.717, 1.165) is 11.1 Å². The minimum Gasteiger partial charge on any atom is -0.493 e. The highest BCUT2D eigenvalue weighted by Gasteiger charge is 2.26. The summed E-state index contributed by atoms with van der Waals surface area (Å²) in [6.45, 7) is 1.46. The van der Waals surface area contributed by atoms with Crippen LogP contribution in [0.15, 0.2) is 18.2 Å². The molecule has 0 fully saturated rings. The molecule has 0 saturated carbocycles. The minimum atomic E-state index is -4.19. The number of halogens is 4. The van der Waals surface area contributed by atoms with Crippen LogP contribution in [0.2, 0.25) is 0 Å². The Kier molecular flexibility index (Phi) is 6.04. The highest BCUT2D eigenvalue weighted by Crippen LogP contribution is 2.21. The predicted octanol–water partition coefficient (Wildman–Crippen LogP) is 4.31. The van der Waals surface area contributed by atoms with E-state index in [4.69, 9.17) is 16.3 Å². The van der Waals surface area contributed by atoms with Crippen LogP contribution < -0.4 is 4.74 Å². The number of hydrogen-bond acceptors (Lipinski definition) is 1. The molecule has 104 valence electrons. The lowest BCUT2D eigenvalue weighted by molar-refractivity contribution is -0.139. The van der Waals surface area contributed by atoms with Gasteiger partial charge in [0.1, 0.15) is 5.75 Å². The molecule has 1 aromatic carbocycles. The van der Waals surface area contributed by atoms with Gasteiger partial charge in [-0.25, -0.2) is 0 Å². The lowest BCUT2D eigenvalue weighted by atomic mass is 10.1. The van der Waals surface area contributed by atoms with Crippen molar-refractivity contribution in [2.45, 2.75) is 25.9 Å². The van der Waals surface area contributed by atoms with Crippen LogP contribution in [0, 0.1) is 18.8 Å². The Labute approximate surface area is 115 Å². The van der Waals surface area contributed by atoms with Crippen LogP contribution in [0.5, 0.6) is 5.75 Å². The van der Waals surface area contributed by atoms with Crippen LogP contribution in [-0.2, 0) is 0 Å². The maximum atomic E-state index is 12.0. The summed E-state index contributed by atoms with van der Waals surface area (Å²) in [6, 6.07) is 5.04. The average molecular weight is 291 g/mol. The molecule has 0 aliphatic carbocycles. The first-order valence-electron chi connectivity index (χ1n) is 5.77. The molecule has 0 radical (unpaired) electrons. The minimum absolute atomic E-state index is 0.375. The Bertz CT molecular complexity index is 472. The van der Waals surface area contributed by atoms with E-state index in [2.05, 4.69) is 11.8 Å². The summed E-state index contributed by atoms with van der Waals surface area (Å²) in [5.41, 5.74) is 1.69. The quantitative estimate of drug-likeness (QED) is 0.593. The topological polar surface area (TPSA) is 9.23 Å². The second-order valence-electron chi connectivity index (χ2n) is 3.93. The lowest BCUT2D eigenvalue weighted by Crippen LogP contribution is -2.13. The highest BCUT2D eigenvalue weighted by molar-refractivity contribution is 6.18. The van der Waals surface area contributed by atoms with Gasteiger partial charge in [0.25, 0.3) is 0 Å². The standard InChI is InChI=1S/C14H14ClF3O/c1-11-10-13(19-9-7-14(16,17)18)6-5-12(11)4-2-3-8-15/h5-6,10H,3,7-9H2,1H3. The first-order valence-corrected chi connectivity index (χ1v) is 6.31. The van der Waals surface area contributed by atoms with Crippen LogP contribution in [0.1, 0.15) is 24.0 Å². The molecule has 0 aromatic heterocycles. The maximum absolute atomic E-state index is 12.0. The molecule has 0 bridgehead atoms. The van der Waals surface area contributed by atoms with E-state index < -0.39 is 12.6 Å². The summed E-state index contributed by atoms with van der Waals surface area (Å²) >= 11 is 5.51. The Hall–Kier alpha value is -1.34. The zero-order valence-electron chi connectivity index (χ0n) is 10.5. The van der Waals surface area contributed by atoms with E-state index in [1.54, 1.807) is 18.2 Å². The van der Waals surface area contributed by atoms with Gasteiger partial charge in [-0.05, 0) is 30.7 Å². The number of benzene rings is 1. The number of rotatable bonds is 4. The first kappa shape index (κ1) is 15.7. The van der Waals surface area contributed by atoms with Gasteiger partial charge in [0.2, 0.25) is 0 Å². The molecule has 0 atom stereocenters. The van der Waals surface area contributed by atoms with Gasteiger partial charge in [0.15, 0.2) is 0 Å². The first-order chi connectivity index (χ1) is 8.92. The Morgan fingerprint density at radius 2 is 2.05 bits per heavy atom. The van der Waals surface area contributed by atoms with Crippen LogP contribution in [-0.4, -0.2) is 18.7 Å². The SMILES string of the molecule is Cc1cc(OCCC(F)(F)F)ccc1C#CCCCl. The molecule has 0 N–H and O–H groups in total. The normalized spacial score (nSPS) is 10.8. The van der Waals surface area contributed by atoms with Gasteiger partial charge in [-0.1, -0.05) is 11.8 Å². The van der Waals surface area contributed by atoms with Gasteiger partial charge < -0.3 is 4.74 Å². The smallest absolute Gasteiger partial charge is 0.392 e. The largest absolute Gasteiger partial charge is 0.493 e. The number of aryl methyl sites for hydroxylation is 1. The fourth-order valence-corrected chi connectivity index (χ4v) is 1.45. The highest BCUT2D eigenvalue weighted by atomic mass is 35.5. The molecule has 5 heteroatoms. The van der Waals surface area contributed by atoms with Crippen LogP contribution >= 0.6 is 11.6 Å². The molecule has 19 heavy (non-hydrogen) atoms. The fraction of sp³-hybridized carbons (Fsp3) is 0.429. The van der Waals surface area contributed by atoms with Crippen molar-refractivity contribution in [2.75, 3.05) is 12.5 Å². The monoisotopic (exact) mass is 290 g/mol. The molecular weight excluding hydrogens is 277 g/mol. The molecule has 0 saturated heterocycles. The molecule has 0 spiro atoms. The number of alkyl halides is 4. The zero-order chi connectivity index (χ0) is 14.3. The third-order valence-electron chi connectivity index (χ3n) is 2.29. The second-order valence-corrected chi connectivity index (χ2v) is 4.31. The van der Waals surface area contributed by atoms with Gasteiger partial charge in [-0.15, -0.1) is 11.6 Å². The van der Waals surface area contributed by atoms with Crippen molar-refractivity contribution >= 4 is 11.6 Å². The summed E-state index contributed by atoms with van der Waals surface area (Å²) in [5.74, 6) is 6.75. The Balaban J connectivity index is 2.60. The molecule has 0 heterocycles. The zero-order valence-corrected chi connectivity index (χ0v) is 11.2. The van der Waals surface area contributed by atoms with Crippen molar-refractivity contribution in [3.05, 3.63) is 29.3 Å². The van der Waals surface area contributed by atoms with Gasteiger partial charge in [-0.2, -0.15) is 13.2 Å². The lowest BCUT2D eigenvalue weighted by Gasteiger charge is -2.09. The van der Waals surface area contributed by atoms with Crippen molar-refractivity contribution in [3.8, 4) is 17.6 Å². The average Bonchev–Trinajstić information content (AvgIpc) is 2.30. The Morgan fingerprint density at radius 1 is 1.32 bits per heavy atom. The molecular formula is C14H14ClF3O. The van der Waals surface area contributed by atoms with E-state index in [9.17, 15) is 13.2 Å². The van der Waals surface area contributed by atoms with Gasteiger partial charge in [0, 0.05) is 17.9 Å². The molecule has 0 unspecified atom stereocenters. The van der Waals surface area contributed by atoms with Crippen LogP contribution in [0.3, 0.4) is 0 Å². The summed E-state index contributed by atoms with van der Waals surface area (Å²) in [6.07, 6.45) is -4.55. The summed E-state index contributed by atoms with van der Waals surface area (Å²) < 4.78 is 41.0. The van der Waals surface area contributed by atoms with Gasteiger partial charge in [0.05, 0.1) is 13.0 Å². The van der Waals surface area contributed by atoms with E-state index >= 15 is 0 Å². The van der Waals surface area contributed by atoms with E-state index in [1.165, 1.54) is 0 Å². The van der Waals surface area contributed by atoms with E-state index in [0.29, 0.717) is 18.1 Å². The third-order valence-corrected chi connectivity index (χ3v) is 2.48. The molecule has 1 rings (SSSR count). The summed E-state index contributed by atoms with van der Waals surface area (Å²) in [4.78, 5) is 0. The maximum Gasteiger partial charge on any atom is 0.392 e. The predicted molar refractivity (Wildman–Crippen MR) is 69.6 cm³/mol. The molecule has 1 nitrogen and oxygen atoms in total. The van der Waals surface area contributed by atoms with Gasteiger partial charge in [-0.3, -0.25) is 0 Å². The van der Waals surface area contributed by atoms with Gasteiger partial charge >= 0.3 is 6.18 Å². The summed E-state index contributed by atoms with van der Waals surface area (Å²) in [7, 11) is 0. The third kappa shape index (κ3) is 6.40. The van der Waals surface area contributed by atoms with Crippen LogP contribution in [0.4, 0.5) is 13.2 Å². The fourth-order valence-electron chi connectivity index (χ4n) is 1.36. The van der Waals surface area contributed by atoms with E-state index in [-0.39, 0.29) is 6.61 Å². The second kappa shape index (κ2) is 7.30. The molecule has 0 amide bonds. The number of hydrogen-bond donors (Lipinski definition) is 0. The van der Waals surface area contributed by atoms with Crippen LogP contribution in [0.25, 0.3) is 0 Å². The Morgan fingerprint density at radius 3 is 2.63 bits per heavy atom. The summed E-state index contributed by atoms with van der Waals surface area (Å²) in [5, 5.41) is 0. The molecule has 0 aliphatic heterocycles. The molecule has 1 aromatic rings. The van der Waals surface area contributed by atoms with Crippen molar-refractivity contribution < 1.29 is 17.9 Å². The number of ether oxygens (including phenoxy) is 1.